The largest absolute Gasteiger partial charge is 0.496 e. The molecule has 4 rings (SSSR count). The Morgan fingerprint density at radius 3 is 2.77 bits per heavy atom. The number of H-pyrrole nitrogens is 1. The van der Waals surface area contributed by atoms with Gasteiger partial charge in [0.15, 0.2) is 5.82 Å². The zero-order valence-corrected chi connectivity index (χ0v) is 16.9. The van der Waals surface area contributed by atoms with E-state index in [0.29, 0.717) is 29.8 Å². The summed E-state index contributed by atoms with van der Waals surface area (Å²) in [6.45, 7) is 0.658. The van der Waals surface area contributed by atoms with E-state index in [-0.39, 0.29) is 0 Å². The molecule has 30 heavy (non-hydrogen) atoms. The SMILES string of the molecule is COc1ccc(OC(=O)NCC2CCCCC2)cc1-c1cncc(-c2ncn[nH]2)c1. The average molecular weight is 407 g/mol. The number of pyridine rings is 1. The number of aromatic nitrogens is 4. The van der Waals surface area contributed by atoms with Crippen LogP contribution in [0.2, 0.25) is 0 Å². The molecule has 0 spiro atoms. The molecule has 0 aliphatic heterocycles. The van der Waals surface area contributed by atoms with E-state index < -0.39 is 6.09 Å². The van der Waals surface area contributed by atoms with Gasteiger partial charge in [-0.3, -0.25) is 10.1 Å². The Labute approximate surface area is 175 Å². The molecule has 2 heterocycles. The quantitative estimate of drug-likeness (QED) is 0.635. The van der Waals surface area contributed by atoms with Crippen molar-refractivity contribution in [2.24, 2.45) is 5.92 Å². The lowest BCUT2D eigenvalue weighted by molar-refractivity contribution is 0.196. The summed E-state index contributed by atoms with van der Waals surface area (Å²) >= 11 is 0. The summed E-state index contributed by atoms with van der Waals surface area (Å²) in [5.41, 5.74) is 2.38. The smallest absolute Gasteiger partial charge is 0.412 e. The van der Waals surface area contributed by atoms with Gasteiger partial charge in [-0.1, -0.05) is 19.3 Å². The molecular weight excluding hydrogens is 382 g/mol. The van der Waals surface area contributed by atoms with Crippen molar-refractivity contribution >= 4 is 6.09 Å². The average Bonchev–Trinajstić information content (AvgIpc) is 3.34. The molecule has 1 aliphatic rings. The van der Waals surface area contributed by atoms with Crippen LogP contribution in [0.1, 0.15) is 32.1 Å². The van der Waals surface area contributed by atoms with Crippen LogP contribution >= 0.6 is 0 Å². The zero-order chi connectivity index (χ0) is 20.8. The summed E-state index contributed by atoms with van der Waals surface area (Å²) in [6, 6.07) is 7.20. The molecule has 0 saturated heterocycles. The van der Waals surface area contributed by atoms with Crippen molar-refractivity contribution in [3.8, 4) is 34.0 Å². The van der Waals surface area contributed by atoms with Gasteiger partial charge < -0.3 is 14.8 Å². The normalized spacial score (nSPS) is 14.3. The van der Waals surface area contributed by atoms with Crippen LogP contribution < -0.4 is 14.8 Å². The molecule has 1 aromatic carbocycles. The van der Waals surface area contributed by atoms with Crippen molar-refractivity contribution in [3.63, 3.8) is 0 Å². The van der Waals surface area contributed by atoms with Gasteiger partial charge in [-0.05, 0) is 43.0 Å². The lowest BCUT2D eigenvalue weighted by Crippen LogP contribution is -2.32. The summed E-state index contributed by atoms with van der Waals surface area (Å²) in [6.07, 6.45) is 10.5. The maximum absolute atomic E-state index is 12.3. The number of nitrogens with zero attached hydrogens (tertiary/aromatic N) is 3. The maximum Gasteiger partial charge on any atom is 0.412 e. The molecule has 2 N–H and O–H groups in total. The van der Waals surface area contributed by atoms with E-state index in [1.54, 1.807) is 37.7 Å². The second kappa shape index (κ2) is 9.39. The number of hydrogen-bond donors (Lipinski definition) is 2. The van der Waals surface area contributed by atoms with Crippen LogP contribution in [0, 0.1) is 5.92 Å². The number of aromatic amines is 1. The molecule has 1 amide bonds. The van der Waals surface area contributed by atoms with Gasteiger partial charge >= 0.3 is 6.09 Å². The number of carbonyl (C=O) groups excluding carboxylic acids is 1. The van der Waals surface area contributed by atoms with Crippen LogP contribution in [-0.4, -0.2) is 39.9 Å². The van der Waals surface area contributed by atoms with E-state index in [1.165, 1.54) is 38.4 Å². The number of benzene rings is 1. The summed E-state index contributed by atoms with van der Waals surface area (Å²) in [7, 11) is 1.60. The Morgan fingerprint density at radius 2 is 2.00 bits per heavy atom. The van der Waals surface area contributed by atoms with Crippen LogP contribution in [0.3, 0.4) is 0 Å². The van der Waals surface area contributed by atoms with Crippen molar-refractivity contribution in [2.75, 3.05) is 13.7 Å². The number of amides is 1. The van der Waals surface area contributed by atoms with Gasteiger partial charge in [0, 0.05) is 35.6 Å². The van der Waals surface area contributed by atoms with Gasteiger partial charge in [0.05, 0.1) is 7.11 Å². The molecule has 0 radical (unpaired) electrons. The molecule has 8 nitrogen and oxygen atoms in total. The molecule has 8 heteroatoms. The molecule has 0 bridgehead atoms. The minimum atomic E-state index is -0.440. The number of carbonyl (C=O) groups is 1. The third-order valence-corrected chi connectivity index (χ3v) is 5.38. The van der Waals surface area contributed by atoms with Crippen LogP contribution in [0.15, 0.2) is 43.0 Å². The van der Waals surface area contributed by atoms with E-state index >= 15 is 0 Å². The highest BCUT2D eigenvalue weighted by Gasteiger charge is 2.16. The maximum atomic E-state index is 12.3. The first-order chi connectivity index (χ1) is 14.7. The van der Waals surface area contributed by atoms with Gasteiger partial charge in [-0.2, -0.15) is 5.10 Å². The number of ether oxygens (including phenoxy) is 2. The molecule has 1 saturated carbocycles. The first-order valence-electron chi connectivity index (χ1n) is 10.2. The van der Waals surface area contributed by atoms with E-state index in [4.69, 9.17) is 9.47 Å². The summed E-state index contributed by atoms with van der Waals surface area (Å²) in [4.78, 5) is 20.7. The molecule has 1 fully saturated rings. The van der Waals surface area contributed by atoms with E-state index in [9.17, 15) is 4.79 Å². The highest BCUT2D eigenvalue weighted by Crippen LogP contribution is 2.34. The fraction of sp³-hybridized carbons (Fsp3) is 0.364. The number of hydrogen-bond acceptors (Lipinski definition) is 6. The van der Waals surface area contributed by atoms with Crippen molar-refractivity contribution in [3.05, 3.63) is 43.0 Å². The van der Waals surface area contributed by atoms with Crippen LogP contribution in [-0.2, 0) is 0 Å². The Kier molecular flexibility index (Phi) is 6.22. The van der Waals surface area contributed by atoms with Gasteiger partial charge in [-0.25, -0.2) is 9.78 Å². The molecule has 2 aromatic heterocycles. The lowest BCUT2D eigenvalue weighted by Gasteiger charge is -2.21. The fourth-order valence-electron chi connectivity index (χ4n) is 3.80. The van der Waals surface area contributed by atoms with Crippen LogP contribution in [0.25, 0.3) is 22.5 Å². The molecule has 3 aromatic rings. The highest BCUT2D eigenvalue weighted by molar-refractivity contribution is 5.76. The predicted octanol–water partition coefficient (Wildman–Crippen LogP) is 4.21. The third kappa shape index (κ3) is 4.76. The molecule has 156 valence electrons. The van der Waals surface area contributed by atoms with Gasteiger partial charge in [0.1, 0.15) is 17.8 Å². The third-order valence-electron chi connectivity index (χ3n) is 5.38. The van der Waals surface area contributed by atoms with Crippen molar-refractivity contribution in [2.45, 2.75) is 32.1 Å². The Morgan fingerprint density at radius 1 is 1.17 bits per heavy atom. The van der Waals surface area contributed by atoms with Crippen LogP contribution in [0.4, 0.5) is 4.79 Å². The second-order valence-electron chi connectivity index (χ2n) is 7.43. The number of methoxy groups -OCH3 is 1. The summed E-state index contributed by atoms with van der Waals surface area (Å²) in [5, 5.41) is 9.60. The minimum Gasteiger partial charge on any atom is -0.496 e. The predicted molar refractivity (Wildman–Crippen MR) is 112 cm³/mol. The first kappa shape index (κ1) is 19.9. The van der Waals surface area contributed by atoms with E-state index in [2.05, 4.69) is 25.5 Å². The Hall–Kier alpha value is -3.42. The van der Waals surface area contributed by atoms with Gasteiger partial charge in [0.25, 0.3) is 0 Å². The second-order valence-corrected chi connectivity index (χ2v) is 7.43. The van der Waals surface area contributed by atoms with Gasteiger partial charge in [0.2, 0.25) is 0 Å². The van der Waals surface area contributed by atoms with Crippen molar-refractivity contribution < 1.29 is 14.3 Å². The fourth-order valence-corrected chi connectivity index (χ4v) is 3.80. The van der Waals surface area contributed by atoms with Gasteiger partial charge in [-0.15, -0.1) is 0 Å². The molecule has 1 aliphatic carbocycles. The highest BCUT2D eigenvalue weighted by atomic mass is 16.6. The number of rotatable bonds is 6. The van der Waals surface area contributed by atoms with E-state index in [0.717, 1.165) is 16.7 Å². The lowest BCUT2D eigenvalue weighted by atomic mass is 9.89. The summed E-state index contributed by atoms with van der Waals surface area (Å²) < 4.78 is 11.0. The standard InChI is InChI=1S/C22H25N5O3/c1-29-20-8-7-18(30-22(28)24-11-15-5-3-2-4-6-15)10-19(20)16-9-17(13-23-12-16)21-25-14-26-27-21/h7-10,12-15H,2-6,11H2,1H3,(H,24,28)(H,25,26,27). The molecule has 0 unspecified atom stereocenters. The Bertz CT molecular complexity index is 984. The van der Waals surface area contributed by atoms with E-state index in [1.807, 2.05) is 6.07 Å². The molecule has 0 atom stereocenters. The summed E-state index contributed by atoms with van der Waals surface area (Å²) in [5.74, 6) is 2.26. The molecular formula is C22H25N5O3. The zero-order valence-electron chi connectivity index (χ0n) is 16.9. The monoisotopic (exact) mass is 407 g/mol. The van der Waals surface area contributed by atoms with Crippen molar-refractivity contribution in [1.29, 1.82) is 0 Å². The topological polar surface area (TPSA) is 102 Å². The minimum absolute atomic E-state index is 0.440. The first-order valence-corrected chi connectivity index (χ1v) is 10.2. The van der Waals surface area contributed by atoms with Crippen molar-refractivity contribution in [1.82, 2.24) is 25.5 Å². The number of nitrogens with one attached hydrogen (secondary N) is 2. The Balaban J connectivity index is 1.49. The van der Waals surface area contributed by atoms with Crippen LogP contribution in [0.5, 0.6) is 11.5 Å².